The Morgan fingerprint density at radius 1 is 1.69 bits per heavy atom. The Balaban J connectivity index is 2.70. The summed E-state index contributed by atoms with van der Waals surface area (Å²) in [6, 6.07) is 3.07. The van der Waals surface area contributed by atoms with Crippen molar-refractivity contribution in [3.05, 3.63) is 24.0 Å². The first-order chi connectivity index (χ1) is 7.61. The van der Waals surface area contributed by atoms with Gasteiger partial charge in [0.2, 0.25) is 0 Å². The van der Waals surface area contributed by atoms with Crippen molar-refractivity contribution in [1.29, 1.82) is 0 Å². The van der Waals surface area contributed by atoms with Gasteiger partial charge in [-0.05, 0) is 19.1 Å². The first kappa shape index (κ1) is 12.5. The van der Waals surface area contributed by atoms with Crippen LogP contribution in [0.3, 0.4) is 0 Å². The molecule has 88 valence electrons. The zero-order chi connectivity index (χ0) is 12.0. The number of rotatable bonds is 5. The van der Waals surface area contributed by atoms with Crippen molar-refractivity contribution < 1.29 is 14.3 Å². The molecule has 0 aliphatic carbocycles. The van der Waals surface area contributed by atoms with E-state index >= 15 is 0 Å². The van der Waals surface area contributed by atoms with Crippen LogP contribution in [0.15, 0.2) is 18.3 Å². The third-order valence-corrected chi connectivity index (χ3v) is 2.22. The summed E-state index contributed by atoms with van der Waals surface area (Å²) in [6.07, 6.45) is 1.50. The van der Waals surface area contributed by atoms with E-state index in [9.17, 15) is 9.18 Å². The average molecular weight is 227 g/mol. The molecule has 1 heterocycles. The van der Waals surface area contributed by atoms with Crippen LogP contribution in [0.1, 0.15) is 23.8 Å². The third-order valence-electron chi connectivity index (χ3n) is 2.22. The smallest absolute Gasteiger partial charge is 0.272 e. The highest BCUT2D eigenvalue weighted by Gasteiger charge is 2.26. The summed E-state index contributed by atoms with van der Waals surface area (Å²) in [4.78, 5) is 11.6. The van der Waals surface area contributed by atoms with E-state index < -0.39 is 18.1 Å². The van der Waals surface area contributed by atoms with E-state index in [0.717, 1.165) is 0 Å². The van der Waals surface area contributed by atoms with E-state index in [0.29, 0.717) is 0 Å². The zero-order valence-corrected chi connectivity index (χ0v) is 8.98. The van der Waals surface area contributed by atoms with Gasteiger partial charge < -0.3 is 10.4 Å². The summed E-state index contributed by atoms with van der Waals surface area (Å²) in [7, 11) is 0. The molecule has 6 heteroatoms. The lowest BCUT2D eigenvalue weighted by atomic mass is 9.99. The first-order valence-electron chi connectivity index (χ1n) is 4.88. The third kappa shape index (κ3) is 3.23. The van der Waals surface area contributed by atoms with Gasteiger partial charge in [-0.1, -0.05) is 0 Å². The van der Waals surface area contributed by atoms with E-state index in [-0.39, 0.29) is 18.7 Å². The number of nitrogens with zero attached hydrogens (tertiary/aromatic N) is 2. The molecule has 16 heavy (non-hydrogen) atoms. The van der Waals surface area contributed by atoms with Crippen LogP contribution < -0.4 is 5.32 Å². The van der Waals surface area contributed by atoms with Crippen LogP contribution in [0.2, 0.25) is 0 Å². The molecule has 0 fully saturated rings. The molecule has 0 unspecified atom stereocenters. The Bertz CT molecular complexity index is 347. The molecule has 0 bridgehead atoms. The van der Waals surface area contributed by atoms with Gasteiger partial charge in [-0.2, -0.15) is 5.10 Å². The van der Waals surface area contributed by atoms with Gasteiger partial charge in [-0.3, -0.25) is 9.18 Å². The van der Waals surface area contributed by atoms with E-state index in [2.05, 4.69) is 15.5 Å². The number of hydrogen-bond donors (Lipinski definition) is 2. The van der Waals surface area contributed by atoms with Crippen LogP contribution in [0.25, 0.3) is 0 Å². The van der Waals surface area contributed by atoms with Crippen LogP contribution in [-0.4, -0.2) is 40.0 Å². The van der Waals surface area contributed by atoms with Crippen LogP contribution in [-0.2, 0) is 0 Å². The number of aliphatic hydroxyl groups excluding tert-OH is 1. The van der Waals surface area contributed by atoms with Gasteiger partial charge in [0, 0.05) is 12.6 Å². The Hall–Kier alpha value is -1.56. The topological polar surface area (TPSA) is 75.1 Å². The van der Waals surface area contributed by atoms with Gasteiger partial charge in [0.15, 0.2) is 5.69 Å². The maximum Gasteiger partial charge on any atom is 0.272 e. The monoisotopic (exact) mass is 227 g/mol. The predicted molar refractivity (Wildman–Crippen MR) is 55.6 cm³/mol. The summed E-state index contributed by atoms with van der Waals surface area (Å²) in [6.45, 7) is 0.627. The molecule has 0 spiro atoms. The molecule has 5 nitrogen and oxygen atoms in total. The Morgan fingerprint density at radius 2 is 2.44 bits per heavy atom. The number of aliphatic hydroxyl groups is 1. The number of nitrogens with one attached hydrogen (secondary N) is 1. The molecule has 0 aliphatic heterocycles. The molecule has 0 aromatic carbocycles. The predicted octanol–water partition coefficient (Wildman–Crippen LogP) is 0.317. The number of halogens is 1. The van der Waals surface area contributed by atoms with Crippen molar-refractivity contribution >= 4 is 5.91 Å². The van der Waals surface area contributed by atoms with Gasteiger partial charge in [0.05, 0.1) is 18.8 Å². The number of aromatic nitrogens is 2. The quantitative estimate of drug-likeness (QED) is 0.759. The summed E-state index contributed by atoms with van der Waals surface area (Å²) in [5.41, 5.74) is -0.829. The van der Waals surface area contributed by atoms with E-state index in [1.54, 1.807) is 13.0 Å². The van der Waals surface area contributed by atoms with Crippen LogP contribution in [0.5, 0.6) is 0 Å². The number of carbonyl (C=O) groups excluding carboxylic acids is 1. The Kier molecular flexibility index (Phi) is 4.30. The van der Waals surface area contributed by atoms with Gasteiger partial charge in [-0.25, -0.2) is 0 Å². The normalized spacial score (nSPS) is 14.2. The average Bonchev–Trinajstić information content (AvgIpc) is 2.30. The number of alkyl halides is 1. The standard InChI is InChI=1S/C10H14FN3O2/c1-10(7-15,4-5-11)13-9(16)8-3-2-6-12-14-8/h2-3,6,15H,4-5,7H2,1H3,(H,13,16)/t10-/m0/s1. The van der Waals surface area contributed by atoms with E-state index in [4.69, 9.17) is 5.11 Å². The van der Waals surface area contributed by atoms with Crippen molar-refractivity contribution in [2.24, 2.45) is 0 Å². The minimum absolute atomic E-state index is 0.0511. The maximum absolute atomic E-state index is 12.2. The molecule has 0 radical (unpaired) electrons. The first-order valence-corrected chi connectivity index (χ1v) is 4.88. The van der Waals surface area contributed by atoms with Gasteiger partial charge in [0.25, 0.3) is 5.91 Å². The van der Waals surface area contributed by atoms with Crippen LogP contribution >= 0.6 is 0 Å². The molecule has 1 amide bonds. The molecule has 1 atom stereocenters. The summed E-state index contributed by atoms with van der Waals surface area (Å²) >= 11 is 0. The molecule has 2 N–H and O–H groups in total. The Morgan fingerprint density at radius 3 is 2.94 bits per heavy atom. The van der Waals surface area contributed by atoms with Crippen molar-refractivity contribution in [3.8, 4) is 0 Å². The summed E-state index contributed by atoms with van der Waals surface area (Å²) in [5, 5.41) is 18.8. The summed E-state index contributed by atoms with van der Waals surface area (Å²) < 4.78 is 12.2. The van der Waals surface area contributed by atoms with Crippen molar-refractivity contribution in [2.75, 3.05) is 13.3 Å². The van der Waals surface area contributed by atoms with Crippen LogP contribution in [0, 0.1) is 0 Å². The second kappa shape index (κ2) is 5.50. The molecule has 1 aromatic rings. The molecule has 0 saturated carbocycles. The molecule has 0 saturated heterocycles. The Labute approximate surface area is 92.7 Å². The van der Waals surface area contributed by atoms with Crippen LogP contribution in [0.4, 0.5) is 4.39 Å². The lowest BCUT2D eigenvalue weighted by Gasteiger charge is -2.27. The molecule has 1 aromatic heterocycles. The summed E-state index contributed by atoms with van der Waals surface area (Å²) in [5.74, 6) is -0.474. The molecular formula is C10H14FN3O2. The van der Waals surface area contributed by atoms with E-state index in [1.165, 1.54) is 12.3 Å². The van der Waals surface area contributed by atoms with Gasteiger partial charge in [0.1, 0.15) is 0 Å². The highest BCUT2D eigenvalue weighted by molar-refractivity contribution is 5.92. The minimum Gasteiger partial charge on any atom is -0.394 e. The number of carbonyl (C=O) groups is 1. The van der Waals surface area contributed by atoms with Gasteiger partial charge in [-0.15, -0.1) is 5.10 Å². The van der Waals surface area contributed by atoms with Crippen molar-refractivity contribution in [1.82, 2.24) is 15.5 Å². The molecule has 1 rings (SSSR count). The fourth-order valence-corrected chi connectivity index (χ4v) is 1.15. The van der Waals surface area contributed by atoms with E-state index in [1.807, 2.05) is 0 Å². The fraction of sp³-hybridized carbons (Fsp3) is 0.500. The lowest BCUT2D eigenvalue weighted by Crippen LogP contribution is -2.49. The maximum atomic E-state index is 12.2. The largest absolute Gasteiger partial charge is 0.394 e. The lowest BCUT2D eigenvalue weighted by molar-refractivity contribution is 0.0826. The highest BCUT2D eigenvalue weighted by Crippen LogP contribution is 2.09. The number of hydrogen-bond acceptors (Lipinski definition) is 4. The second-order valence-corrected chi connectivity index (χ2v) is 3.72. The van der Waals surface area contributed by atoms with Crippen molar-refractivity contribution in [3.63, 3.8) is 0 Å². The highest BCUT2D eigenvalue weighted by atomic mass is 19.1. The van der Waals surface area contributed by atoms with Gasteiger partial charge >= 0.3 is 0 Å². The SMILES string of the molecule is C[C@@](CO)(CCF)NC(=O)c1cccnn1. The second-order valence-electron chi connectivity index (χ2n) is 3.72. The van der Waals surface area contributed by atoms with Crippen molar-refractivity contribution in [2.45, 2.75) is 18.9 Å². The molecular weight excluding hydrogens is 213 g/mol. The fourth-order valence-electron chi connectivity index (χ4n) is 1.15. The minimum atomic E-state index is -0.969. The molecule has 0 aliphatic rings. The zero-order valence-electron chi connectivity index (χ0n) is 8.98. The number of amides is 1.